The van der Waals surface area contributed by atoms with E-state index in [0.29, 0.717) is 12.0 Å². The standard InChI is InChI=1S/C16H14FN3/c17-13-7-12(9-19-10-13)15(18)8-14-6-5-11-3-1-2-4-16(11)20-14/h1-7,9-10,15H,8,18H2. The van der Waals surface area contributed by atoms with Gasteiger partial charge in [-0.1, -0.05) is 24.3 Å². The summed E-state index contributed by atoms with van der Waals surface area (Å²) in [4.78, 5) is 8.39. The Morgan fingerprint density at radius 2 is 1.95 bits per heavy atom. The third kappa shape index (κ3) is 2.65. The third-order valence-electron chi connectivity index (χ3n) is 3.24. The van der Waals surface area contributed by atoms with E-state index in [-0.39, 0.29) is 11.9 Å². The summed E-state index contributed by atoms with van der Waals surface area (Å²) in [7, 11) is 0. The van der Waals surface area contributed by atoms with Gasteiger partial charge in [0, 0.05) is 29.7 Å². The summed E-state index contributed by atoms with van der Waals surface area (Å²) < 4.78 is 13.1. The summed E-state index contributed by atoms with van der Waals surface area (Å²) in [5.41, 5.74) is 8.60. The molecule has 0 aliphatic heterocycles. The molecule has 0 aliphatic carbocycles. The third-order valence-corrected chi connectivity index (χ3v) is 3.24. The van der Waals surface area contributed by atoms with Crippen LogP contribution in [0.15, 0.2) is 54.9 Å². The molecule has 20 heavy (non-hydrogen) atoms. The van der Waals surface area contributed by atoms with Crippen molar-refractivity contribution in [2.75, 3.05) is 0 Å². The predicted octanol–water partition coefficient (Wildman–Crippen LogP) is 3.01. The van der Waals surface area contributed by atoms with Gasteiger partial charge < -0.3 is 5.73 Å². The van der Waals surface area contributed by atoms with Gasteiger partial charge in [-0.3, -0.25) is 9.97 Å². The van der Waals surface area contributed by atoms with E-state index in [2.05, 4.69) is 9.97 Å². The highest BCUT2D eigenvalue weighted by Gasteiger charge is 2.10. The van der Waals surface area contributed by atoms with Crippen LogP contribution in [0.5, 0.6) is 0 Å². The van der Waals surface area contributed by atoms with E-state index in [1.54, 1.807) is 6.20 Å². The normalized spacial score (nSPS) is 12.5. The van der Waals surface area contributed by atoms with Crippen LogP contribution in [0.2, 0.25) is 0 Å². The highest BCUT2D eigenvalue weighted by atomic mass is 19.1. The lowest BCUT2D eigenvalue weighted by atomic mass is 10.0. The Bertz CT molecular complexity index is 742. The van der Waals surface area contributed by atoms with E-state index in [1.165, 1.54) is 12.3 Å². The molecule has 0 spiro atoms. The average Bonchev–Trinajstić information content (AvgIpc) is 2.47. The number of para-hydroxylation sites is 1. The molecule has 3 nitrogen and oxygen atoms in total. The lowest BCUT2D eigenvalue weighted by Crippen LogP contribution is -2.14. The number of nitrogens with two attached hydrogens (primary N) is 1. The first kappa shape index (κ1) is 12.7. The van der Waals surface area contributed by atoms with Crippen LogP contribution in [0, 0.1) is 5.82 Å². The molecule has 2 heterocycles. The second-order valence-electron chi connectivity index (χ2n) is 4.74. The largest absolute Gasteiger partial charge is 0.324 e. The Kier molecular flexibility index (Phi) is 3.39. The zero-order valence-corrected chi connectivity index (χ0v) is 10.8. The zero-order valence-electron chi connectivity index (χ0n) is 10.8. The fourth-order valence-electron chi connectivity index (χ4n) is 2.20. The smallest absolute Gasteiger partial charge is 0.141 e. The fraction of sp³-hybridized carbons (Fsp3) is 0.125. The van der Waals surface area contributed by atoms with Gasteiger partial charge in [-0.2, -0.15) is 0 Å². The van der Waals surface area contributed by atoms with Crippen molar-refractivity contribution in [2.45, 2.75) is 12.5 Å². The lowest BCUT2D eigenvalue weighted by molar-refractivity contribution is 0.609. The van der Waals surface area contributed by atoms with Crippen LogP contribution in [-0.4, -0.2) is 9.97 Å². The second-order valence-corrected chi connectivity index (χ2v) is 4.74. The molecule has 0 aliphatic rings. The molecule has 2 aromatic heterocycles. The summed E-state index contributed by atoms with van der Waals surface area (Å²) in [5.74, 6) is -0.371. The van der Waals surface area contributed by atoms with Crippen molar-refractivity contribution in [3.8, 4) is 0 Å². The summed E-state index contributed by atoms with van der Waals surface area (Å²) in [6, 6.07) is 13.0. The second kappa shape index (κ2) is 5.35. The van der Waals surface area contributed by atoms with Gasteiger partial charge in [0.05, 0.1) is 11.7 Å². The van der Waals surface area contributed by atoms with Crippen LogP contribution in [0.4, 0.5) is 4.39 Å². The topological polar surface area (TPSA) is 51.8 Å². The minimum Gasteiger partial charge on any atom is -0.324 e. The summed E-state index contributed by atoms with van der Waals surface area (Å²) in [5, 5.41) is 1.09. The Morgan fingerprint density at radius 1 is 1.10 bits per heavy atom. The maximum atomic E-state index is 13.1. The number of hydrogen-bond donors (Lipinski definition) is 1. The number of aromatic nitrogens is 2. The van der Waals surface area contributed by atoms with Gasteiger partial charge in [0.2, 0.25) is 0 Å². The molecule has 0 amide bonds. The minimum atomic E-state index is -0.371. The van der Waals surface area contributed by atoms with Crippen molar-refractivity contribution in [1.29, 1.82) is 0 Å². The van der Waals surface area contributed by atoms with E-state index in [4.69, 9.17) is 5.73 Å². The fourth-order valence-corrected chi connectivity index (χ4v) is 2.20. The number of hydrogen-bond acceptors (Lipinski definition) is 3. The highest BCUT2D eigenvalue weighted by molar-refractivity contribution is 5.78. The van der Waals surface area contributed by atoms with Gasteiger partial charge in [0.1, 0.15) is 5.82 Å². The molecule has 1 atom stereocenters. The SMILES string of the molecule is NC(Cc1ccc2ccccc2n1)c1cncc(F)c1. The van der Waals surface area contributed by atoms with E-state index >= 15 is 0 Å². The molecule has 4 heteroatoms. The molecule has 3 aromatic rings. The van der Waals surface area contributed by atoms with Gasteiger partial charge in [-0.15, -0.1) is 0 Å². The van der Waals surface area contributed by atoms with Crippen LogP contribution in [0.25, 0.3) is 10.9 Å². The number of halogens is 1. The van der Waals surface area contributed by atoms with Crippen molar-refractivity contribution in [2.24, 2.45) is 5.73 Å². The van der Waals surface area contributed by atoms with Gasteiger partial charge in [-0.25, -0.2) is 4.39 Å². The summed E-state index contributed by atoms with van der Waals surface area (Å²) in [6.45, 7) is 0. The zero-order chi connectivity index (χ0) is 13.9. The van der Waals surface area contributed by atoms with Crippen LogP contribution in [0.1, 0.15) is 17.3 Å². The number of rotatable bonds is 3. The first-order valence-corrected chi connectivity index (χ1v) is 6.43. The molecule has 100 valence electrons. The average molecular weight is 267 g/mol. The molecule has 0 radical (unpaired) electrons. The summed E-state index contributed by atoms with van der Waals surface area (Å²) in [6.07, 6.45) is 3.31. The van der Waals surface area contributed by atoms with Gasteiger partial charge >= 0.3 is 0 Å². The molecule has 0 bridgehead atoms. The Morgan fingerprint density at radius 3 is 2.80 bits per heavy atom. The molecule has 0 saturated heterocycles. The maximum Gasteiger partial charge on any atom is 0.141 e. The molecule has 0 fully saturated rings. The van der Waals surface area contributed by atoms with E-state index < -0.39 is 0 Å². The number of benzene rings is 1. The molecule has 0 saturated carbocycles. The van der Waals surface area contributed by atoms with Gasteiger partial charge in [-0.05, 0) is 23.8 Å². The quantitative estimate of drug-likeness (QED) is 0.793. The van der Waals surface area contributed by atoms with E-state index in [0.717, 1.165) is 16.6 Å². The first-order chi connectivity index (χ1) is 9.72. The first-order valence-electron chi connectivity index (χ1n) is 6.43. The number of nitrogens with zero attached hydrogens (tertiary/aromatic N) is 2. The Hall–Kier alpha value is -2.33. The molecule has 2 N–H and O–H groups in total. The van der Waals surface area contributed by atoms with Crippen LogP contribution in [0.3, 0.4) is 0 Å². The van der Waals surface area contributed by atoms with Crippen molar-refractivity contribution in [1.82, 2.24) is 9.97 Å². The predicted molar refractivity (Wildman–Crippen MR) is 76.6 cm³/mol. The van der Waals surface area contributed by atoms with Crippen LogP contribution < -0.4 is 5.73 Å². The minimum absolute atomic E-state index is 0.313. The molecule has 1 aromatic carbocycles. The van der Waals surface area contributed by atoms with E-state index in [9.17, 15) is 4.39 Å². The van der Waals surface area contributed by atoms with Gasteiger partial charge in [0.25, 0.3) is 0 Å². The summed E-state index contributed by atoms with van der Waals surface area (Å²) >= 11 is 0. The van der Waals surface area contributed by atoms with Crippen molar-refractivity contribution >= 4 is 10.9 Å². The molecule has 3 rings (SSSR count). The van der Waals surface area contributed by atoms with Gasteiger partial charge in [0.15, 0.2) is 0 Å². The van der Waals surface area contributed by atoms with Crippen LogP contribution in [-0.2, 0) is 6.42 Å². The molecular weight excluding hydrogens is 253 g/mol. The monoisotopic (exact) mass is 267 g/mol. The molecular formula is C16H14FN3. The van der Waals surface area contributed by atoms with E-state index in [1.807, 2.05) is 36.4 Å². The number of fused-ring (bicyclic) bond motifs is 1. The molecule has 1 unspecified atom stereocenters. The lowest BCUT2D eigenvalue weighted by Gasteiger charge is -2.11. The number of pyridine rings is 2. The van der Waals surface area contributed by atoms with Crippen molar-refractivity contribution in [3.63, 3.8) is 0 Å². The van der Waals surface area contributed by atoms with Crippen molar-refractivity contribution < 1.29 is 4.39 Å². The Balaban J connectivity index is 1.85. The van der Waals surface area contributed by atoms with Crippen LogP contribution >= 0.6 is 0 Å². The maximum absolute atomic E-state index is 13.1. The van der Waals surface area contributed by atoms with Crippen molar-refractivity contribution in [3.05, 3.63) is 71.9 Å². The highest BCUT2D eigenvalue weighted by Crippen LogP contribution is 2.17. The Labute approximate surface area is 116 Å².